The van der Waals surface area contributed by atoms with Crippen LogP contribution in [-0.2, 0) is 0 Å². The van der Waals surface area contributed by atoms with Crippen LogP contribution in [0.5, 0.6) is 0 Å². The van der Waals surface area contributed by atoms with Gasteiger partial charge in [0.1, 0.15) is 0 Å². The number of benzene rings is 1. The average molecular weight is 256 g/mol. The van der Waals surface area contributed by atoms with Crippen molar-refractivity contribution in [2.24, 2.45) is 0 Å². The van der Waals surface area contributed by atoms with E-state index >= 15 is 0 Å². The van der Waals surface area contributed by atoms with Gasteiger partial charge in [-0.2, -0.15) is 0 Å². The number of aryl methyl sites for hydroxylation is 1. The first-order valence-electron chi connectivity index (χ1n) is 5.76. The molecule has 1 unspecified atom stereocenters. The molecule has 2 N–H and O–H groups in total. The molecule has 17 heavy (non-hydrogen) atoms. The first-order valence-corrected chi connectivity index (χ1v) is 6.14. The molecule has 1 aromatic carbocycles. The average Bonchev–Trinajstić information content (AvgIpc) is 2.28. The van der Waals surface area contributed by atoms with Crippen LogP contribution in [0, 0.1) is 6.92 Å². The summed E-state index contributed by atoms with van der Waals surface area (Å²) in [6.45, 7) is 3.96. The Morgan fingerprint density at radius 2 is 2.24 bits per heavy atom. The number of carbonyl (C=O) groups is 1. The van der Waals surface area contributed by atoms with Gasteiger partial charge in [0.05, 0.1) is 10.6 Å². The molecule has 0 heterocycles. The Hall–Kier alpha value is -1.06. The van der Waals surface area contributed by atoms with Crippen LogP contribution in [0.4, 0.5) is 0 Å². The van der Waals surface area contributed by atoms with Gasteiger partial charge in [0.25, 0.3) is 5.91 Å². The molecule has 3 nitrogen and oxygen atoms in total. The molecule has 0 radical (unpaired) electrons. The highest BCUT2D eigenvalue weighted by Gasteiger charge is 2.14. The first kappa shape index (κ1) is 14.0. The third-order valence-electron chi connectivity index (χ3n) is 2.67. The van der Waals surface area contributed by atoms with E-state index in [0.29, 0.717) is 17.0 Å². The molecule has 1 amide bonds. The van der Waals surface area contributed by atoms with Crippen molar-refractivity contribution in [2.75, 3.05) is 6.61 Å². The van der Waals surface area contributed by atoms with Crippen LogP contribution in [0.15, 0.2) is 18.2 Å². The van der Waals surface area contributed by atoms with Crippen LogP contribution < -0.4 is 5.32 Å². The standard InChI is InChI=1S/C13H18ClNO2/c1-3-10(6-7-16)15-13(17)11-5-4-9(2)8-12(11)14/h4-5,8,10,16H,3,6-7H2,1-2H3,(H,15,17). The van der Waals surface area contributed by atoms with Gasteiger partial charge in [-0.1, -0.05) is 24.6 Å². The number of halogens is 1. The Kier molecular flexibility index (Phi) is 5.45. The topological polar surface area (TPSA) is 49.3 Å². The number of nitrogens with one attached hydrogen (secondary N) is 1. The number of carbonyl (C=O) groups excluding carboxylic acids is 1. The van der Waals surface area contributed by atoms with Gasteiger partial charge in [-0.05, 0) is 37.5 Å². The lowest BCUT2D eigenvalue weighted by Gasteiger charge is -2.16. The fourth-order valence-electron chi connectivity index (χ4n) is 1.60. The van der Waals surface area contributed by atoms with E-state index in [1.165, 1.54) is 0 Å². The van der Waals surface area contributed by atoms with Crippen LogP contribution >= 0.6 is 11.6 Å². The summed E-state index contributed by atoms with van der Waals surface area (Å²) >= 11 is 6.02. The maximum Gasteiger partial charge on any atom is 0.253 e. The van der Waals surface area contributed by atoms with Crippen LogP contribution in [0.1, 0.15) is 35.7 Å². The highest BCUT2D eigenvalue weighted by atomic mass is 35.5. The summed E-state index contributed by atoms with van der Waals surface area (Å²) in [5.74, 6) is -0.185. The number of aliphatic hydroxyl groups is 1. The SMILES string of the molecule is CCC(CCO)NC(=O)c1ccc(C)cc1Cl. The number of hydrogen-bond donors (Lipinski definition) is 2. The Morgan fingerprint density at radius 3 is 2.76 bits per heavy atom. The van der Waals surface area contributed by atoms with Crippen molar-refractivity contribution >= 4 is 17.5 Å². The Labute approximate surface area is 107 Å². The number of amides is 1. The molecule has 0 bridgehead atoms. The predicted molar refractivity (Wildman–Crippen MR) is 69.4 cm³/mol. The fourth-order valence-corrected chi connectivity index (χ4v) is 1.92. The summed E-state index contributed by atoms with van der Waals surface area (Å²) in [5, 5.41) is 12.2. The zero-order valence-electron chi connectivity index (χ0n) is 10.2. The van der Waals surface area contributed by atoms with Crippen molar-refractivity contribution in [3.05, 3.63) is 34.3 Å². The van der Waals surface area contributed by atoms with Crippen LogP contribution in [0.25, 0.3) is 0 Å². The van der Waals surface area contributed by atoms with Crippen LogP contribution in [0.3, 0.4) is 0 Å². The number of aliphatic hydroxyl groups excluding tert-OH is 1. The van der Waals surface area contributed by atoms with Crippen molar-refractivity contribution in [2.45, 2.75) is 32.7 Å². The van der Waals surface area contributed by atoms with E-state index in [9.17, 15) is 4.79 Å². The lowest BCUT2D eigenvalue weighted by molar-refractivity contribution is 0.0929. The van der Waals surface area contributed by atoms with Gasteiger partial charge < -0.3 is 10.4 Å². The van der Waals surface area contributed by atoms with E-state index in [1.807, 2.05) is 19.9 Å². The van der Waals surface area contributed by atoms with E-state index < -0.39 is 0 Å². The van der Waals surface area contributed by atoms with Crippen LogP contribution in [0.2, 0.25) is 5.02 Å². The third-order valence-corrected chi connectivity index (χ3v) is 2.99. The Balaban J connectivity index is 2.75. The van der Waals surface area contributed by atoms with Gasteiger partial charge in [0, 0.05) is 12.6 Å². The predicted octanol–water partition coefficient (Wildman–Crippen LogP) is 2.54. The Bertz CT molecular complexity index is 393. The molecular weight excluding hydrogens is 238 g/mol. The smallest absolute Gasteiger partial charge is 0.253 e. The van der Waals surface area contributed by atoms with Gasteiger partial charge in [0.2, 0.25) is 0 Å². The van der Waals surface area contributed by atoms with Crippen molar-refractivity contribution in [3.63, 3.8) is 0 Å². The minimum atomic E-state index is -0.185. The number of hydrogen-bond acceptors (Lipinski definition) is 2. The largest absolute Gasteiger partial charge is 0.396 e. The molecule has 1 atom stereocenters. The minimum absolute atomic E-state index is 0.00938. The fraction of sp³-hybridized carbons (Fsp3) is 0.462. The molecular formula is C13H18ClNO2. The zero-order chi connectivity index (χ0) is 12.8. The second kappa shape index (κ2) is 6.62. The lowest BCUT2D eigenvalue weighted by Crippen LogP contribution is -2.35. The van der Waals surface area contributed by atoms with Gasteiger partial charge >= 0.3 is 0 Å². The van der Waals surface area contributed by atoms with Gasteiger partial charge in [-0.3, -0.25) is 4.79 Å². The third kappa shape index (κ3) is 4.02. The molecule has 94 valence electrons. The Morgan fingerprint density at radius 1 is 1.53 bits per heavy atom. The molecule has 0 saturated carbocycles. The molecule has 0 aromatic heterocycles. The quantitative estimate of drug-likeness (QED) is 0.850. The van der Waals surface area contributed by atoms with Gasteiger partial charge in [-0.15, -0.1) is 0 Å². The molecule has 0 aliphatic heterocycles. The maximum absolute atomic E-state index is 11.9. The zero-order valence-corrected chi connectivity index (χ0v) is 10.9. The summed E-state index contributed by atoms with van der Waals surface area (Å²) in [7, 11) is 0. The van der Waals surface area contributed by atoms with Crippen molar-refractivity contribution in [1.82, 2.24) is 5.32 Å². The second-order valence-corrected chi connectivity index (χ2v) is 4.48. The molecule has 4 heteroatoms. The minimum Gasteiger partial charge on any atom is -0.396 e. The highest BCUT2D eigenvalue weighted by Crippen LogP contribution is 2.17. The normalized spacial score (nSPS) is 12.2. The molecule has 1 rings (SSSR count). The van der Waals surface area contributed by atoms with E-state index in [4.69, 9.17) is 16.7 Å². The monoisotopic (exact) mass is 255 g/mol. The maximum atomic E-state index is 11.9. The summed E-state index contributed by atoms with van der Waals surface area (Å²) in [4.78, 5) is 11.9. The van der Waals surface area contributed by atoms with Gasteiger partial charge in [0.15, 0.2) is 0 Å². The lowest BCUT2D eigenvalue weighted by atomic mass is 10.1. The van der Waals surface area contributed by atoms with Crippen molar-refractivity contribution < 1.29 is 9.90 Å². The number of rotatable bonds is 5. The molecule has 0 fully saturated rings. The highest BCUT2D eigenvalue weighted by molar-refractivity contribution is 6.33. The van der Waals surface area contributed by atoms with E-state index in [-0.39, 0.29) is 18.6 Å². The molecule has 1 aromatic rings. The molecule has 0 aliphatic carbocycles. The summed E-state index contributed by atoms with van der Waals surface area (Å²) < 4.78 is 0. The summed E-state index contributed by atoms with van der Waals surface area (Å²) in [6.07, 6.45) is 1.35. The molecule has 0 spiro atoms. The second-order valence-electron chi connectivity index (χ2n) is 4.07. The van der Waals surface area contributed by atoms with Crippen molar-refractivity contribution in [3.8, 4) is 0 Å². The van der Waals surface area contributed by atoms with Crippen LogP contribution in [-0.4, -0.2) is 23.7 Å². The molecule has 0 aliphatic rings. The van der Waals surface area contributed by atoms with Gasteiger partial charge in [-0.25, -0.2) is 0 Å². The first-order chi connectivity index (χ1) is 8.08. The van der Waals surface area contributed by atoms with Crippen molar-refractivity contribution in [1.29, 1.82) is 0 Å². The molecule has 0 saturated heterocycles. The summed E-state index contributed by atoms with van der Waals surface area (Å²) in [6, 6.07) is 5.33. The van der Waals surface area contributed by atoms with E-state index in [0.717, 1.165) is 12.0 Å². The van der Waals surface area contributed by atoms with E-state index in [1.54, 1.807) is 12.1 Å². The van der Waals surface area contributed by atoms with E-state index in [2.05, 4.69) is 5.32 Å². The summed E-state index contributed by atoms with van der Waals surface area (Å²) in [5.41, 5.74) is 1.50.